The molecule has 0 bridgehead atoms. The monoisotopic (exact) mass is 266 g/mol. The van der Waals surface area contributed by atoms with Crippen LogP contribution in [0, 0.1) is 0 Å². The second-order valence-electron chi connectivity index (χ2n) is 4.91. The van der Waals surface area contributed by atoms with Crippen LogP contribution in [0.1, 0.15) is 18.7 Å². The first-order chi connectivity index (χ1) is 8.44. The fraction of sp³-hybridized carbons (Fsp3) is 0.417. The SMILES string of the molecule is CS(=O)(=O)c1ccc2oc(C3(CN)CC3)nc2c1. The van der Waals surface area contributed by atoms with Gasteiger partial charge in [0.2, 0.25) is 5.89 Å². The molecule has 18 heavy (non-hydrogen) atoms. The van der Waals surface area contributed by atoms with Gasteiger partial charge in [-0.1, -0.05) is 0 Å². The van der Waals surface area contributed by atoms with E-state index in [2.05, 4.69) is 4.98 Å². The molecule has 5 nitrogen and oxygen atoms in total. The minimum atomic E-state index is -3.22. The van der Waals surface area contributed by atoms with Crippen molar-refractivity contribution in [3.8, 4) is 0 Å². The van der Waals surface area contributed by atoms with E-state index in [1.807, 2.05) is 0 Å². The van der Waals surface area contributed by atoms with Crippen molar-refractivity contribution in [3.63, 3.8) is 0 Å². The summed E-state index contributed by atoms with van der Waals surface area (Å²) in [5, 5.41) is 0. The summed E-state index contributed by atoms with van der Waals surface area (Å²) in [5.74, 6) is 0.630. The zero-order valence-electron chi connectivity index (χ0n) is 10.0. The molecule has 6 heteroatoms. The van der Waals surface area contributed by atoms with Gasteiger partial charge in [-0.25, -0.2) is 13.4 Å². The first kappa shape index (κ1) is 11.7. The number of nitrogens with two attached hydrogens (primary N) is 1. The van der Waals surface area contributed by atoms with Gasteiger partial charge >= 0.3 is 0 Å². The summed E-state index contributed by atoms with van der Waals surface area (Å²) >= 11 is 0. The molecule has 0 unspecified atom stereocenters. The second kappa shape index (κ2) is 3.55. The van der Waals surface area contributed by atoms with Gasteiger partial charge < -0.3 is 10.2 Å². The van der Waals surface area contributed by atoms with Gasteiger partial charge in [0.15, 0.2) is 15.4 Å². The Labute approximate surface area is 105 Å². The summed E-state index contributed by atoms with van der Waals surface area (Å²) < 4.78 is 28.6. The molecule has 1 aliphatic rings. The Bertz CT molecular complexity index is 714. The van der Waals surface area contributed by atoms with Crippen LogP contribution in [-0.4, -0.2) is 26.2 Å². The molecule has 0 amide bonds. The van der Waals surface area contributed by atoms with Gasteiger partial charge in [-0.05, 0) is 31.0 Å². The minimum Gasteiger partial charge on any atom is -0.440 e. The molecule has 96 valence electrons. The Balaban J connectivity index is 2.13. The van der Waals surface area contributed by atoms with Crippen molar-refractivity contribution >= 4 is 20.9 Å². The van der Waals surface area contributed by atoms with Gasteiger partial charge in [-0.2, -0.15) is 0 Å². The van der Waals surface area contributed by atoms with Crippen molar-refractivity contribution in [3.05, 3.63) is 24.1 Å². The van der Waals surface area contributed by atoms with E-state index in [-0.39, 0.29) is 10.3 Å². The molecule has 0 atom stereocenters. The van der Waals surface area contributed by atoms with Crippen LogP contribution >= 0.6 is 0 Å². The Morgan fingerprint density at radius 2 is 2.17 bits per heavy atom. The number of sulfone groups is 1. The molecule has 0 saturated heterocycles. The molecule has 3 rings (SSSR count). The Hall–Kier alpha value is -1.40. The molecule has 1 aromatic heterocycles. The molecule has 2 aromatic rings. The highest BCUT2D eigenvalue weighted by Crippen LogP contribution is 2.47. The lowest BCUT2D eigenvalue weighted by Gasteiger charge is -2.04. The first-order valence-corrected chi connectivity index (χ1v) is 7.65. The molecule has 0 radical (unpaired) electrons. The van der Waals surface area contributed by atoms with Gasteiger partial charge in [-0.3, -0.25) is 0 Å². The number of fused-ring (bicyclic) bond motifs is 1. The van der Waals surface area contributed by atoms with Crippen LogP contribution in [0.25, 0.3) is 11.1 Å². The number of benzene rings is 1. The predicted octanol–water partition coefficient (Wildman–Crippen LogP) is 1.22. The summed E-state index contributed by atoms with van der Waals surface area (Å²) in [5.41, 5.74) is 6.79. The largest absolute Gasteiger partial charge is 0.440 e. The van der Waals surface area contributed by atoms with E-state index >= 15 is 0 Å². The quantitative estimate of drug-likeness (QED) is 0.902. The highest BCUT2D eigenvalue weighted by Gasteiger charge is 2.47. The van der Waals surface area contributed by atoms with Crippen molar-refractivity contribution in [1.29, 1.82) is 0 Å². The van der Waals surface area contributed by atoms with Crippen molar-refractivity contribution in [1.82, 2.24) is 4.98 Å². The van der Waals surface area contributed by atoms with Gasteiger partial charge in [-0.15, -0.1) is 0 Å². The minimum absolute atomic E-state index is 0.121. The highest BCUT2D eigenvalue weighted by molar-refractivity contribution is 7.90. The zero-order chi connectivity index (χ0) is 13.0. The number of rotatable bonds is 3. The van der Waals surface area contributed by atoms with Crippen LogP contribution in [0.15, 0.2) is 27.5 Å². The van der Waals surface area contributed by atoms with E-state index in [9.17, 15) is 8.42 Å². The van der Waals surface area contributed by atoms with Gasteiger partial charge in [0, 0.05) is 12.8 Å². The summed E-state index contributed by atoms with van der Waals surface area (Å²) in [6.07, 6.45) is 3.14. The van der Waals surface area contributed by atoms with Crippen LogP contribution < -0.4 is 5.73 Å². The standard InChI is InChI=1S/C12H14N2O3S/c1-18(15,16)8-2-3-10-9(6-8)14-11(17-10)12(7-13)4-5-12/h2-3,6H,4-5,7,13H2,1H3. The van der Waals surface area contributed by atoms with E-state index in [0.29, 0.717) is 23.5 Å². The van der Waals surface area contributed by atoms with Crippen LogP contribution in [0.3, 0.4) is 0 Å². The number of oxazole rings is 1. The number of aromatic nitrogens is 1. The molecular formula is C12H14N2O3S. The lowest BCUT2D eigenvalue weighted by molar-refractivity contribution is 0.462. The van der Waals surface area contributed by atoms with Crippen molar-refractivity contribution < 1.29 is 12.8 Å². The molecule has 1 heterocycles. The molecule has 2 N–H and O–H groups in total. The third-order valence-corrected chi connectivity index (χ3v) is 4.60. The average Bonchev–Trinajstić information content (AvgIpc) is 3.00. The number of hydrogen-bond acceptors (Lipinski definition) is 5. The van der Waals surface area contributed by atoms with Gasteiger partial charge in [0.25, 0.3) is 0 Å². The second-order valence-corrected chi connectivity index (χ2v) is 6.92. The molecular weight excluding hydrogens is 252 g/mol. The lowest BCUT2D eigenvalue weighted by atomic mass is 10.1. The lowest BCUT2D eigenvalue weighted by Crippen LogP contribution is -2.19. The summed E-state index contributed by atoms with van der Waals surface area (Å²) in [7, 11) is -3.22. The fourth-order valence-electron chi connectivity index (χ4n) is 2.02. The molecule has 1 saturated carbocycles. The fourth-order valence-corrected chi connectivity index (χ4v) is 2.66. The molecule has 0 aliphatic heterocycles. The Kier molecular flexibility index (Phi) is 2.30. The summed E-state index contributed by atoms with van der Waals surface area (Å²) in [4.78, 5) is 4.64. The van der Waals surface area contributed by atoms with Crippen LogP contribution in [0.4, 0.5) is 0 Å². The van der Waals surface area contributed by atoms with Gasteiger partial charge in [0.1, 0.15) is 5.52 Å². The normalized spacial score (nSPS) is 18.1. The Morgan fingerprint density at radius 3 is 2.72 bits per heavy atom. The average molecular weight is 266 g/mol. The molecule has 1 fully saturated rings. The number of hydrogen-bond donors (Lipinski definition) is 1. The van der Waals surface area contributed by atoms with E-state index in [0.717, 1.165) is 12.8 Å². The molecule has 1 aliphatic carbocycles. The van der Waals surface area contributed by atoms with Crippen molar-refractivity contribution in [2.45, 2.75) is 23.2 Å². The smallest absolute Gasteiger partial charge is 0.202 e. The van der Waals surface area contributed by atoms with E-state index in [1.165, 1.54) is 12.3 Å². The Morgan fingerprint density at radius 1 is 1.44 bits per heavy atom. The van der Waals surface area contributed by atoms with Crippen LogP contribution in [-0.2, 0) is 15.3 Å². The zero-order valence-corrected chi connectivity index (χ0v) is 10.8. The maximum atomic E-state index is 11.5. The predicted molar refractivity (Wildman–Crippen MR) is 67.1 cm³/mol. The first-order valence-electron chi connectivity index (χ1n) is 5.76. The van der Waals surface area contributed by atoms with E-state index in [4.69, 9.17) is 10.2 Å². The summed E-state index contributed by atoms with van der Waals surface area (Å²) in [6.45, 7) is 0.513. The third-order valence-electron chi connectivity index (χ3n) is 3.49. The maximum absolute atomic E-state index is 11.5. The van der Waals surface area contributed by atoms with Crippen molar-refractivity contribution in [2.75, 3.05) is 12.8 Å². The van der Waals surface area contributed by atoms with E-state index in [1.54, 1.807) is 12.1 Å². The van der Waals surface area contributed by atoms with Gasteiger partial charge in [0.05, 0.1) is 10.3 Å². The van der Waals surface area contributed by atoms with E-state index < -0.39 is 9.84 Å². The summed E-state index contributed by atoms with van der Waals surface area (Å²) in [6, 6.07) is 4.73. The maximum Gasteiger partial charge on any atom is 0.202 e. The number of nitrogens with zero attached hydrogens (tertiary/aromatic N) is 1. The topological polar surface area (TPSA) is 86.2 Å². The third kappa shape index (κ3) is 1.72. The highest BCUT2D eigenvalue weighted by atomic mass is 32.2. The van der Waals surface area contributed by atoms with Crippen LogP contribution in [0.5, 0.6) is 0 Å². The molecule has 1 aromatic carbocycles. The van der Waals surface area contributed by atoms with Crippen molar-refractivity contribution in [2.24, 2.45) is 5.73 Å². The molecule has 0 spiro atoms. The van der Waals surface area contributed by atoms with Crippen LogP contribution in [0.2, 0.25) is 0 Å².